The van der Waals surface area contributed by atoms with E-state index in [0.29, 0.717) is 30.6 Å². The molecule has 21 heavy (non-hydrogen) atoms. The van der Waals surface area contributed by atoms with Crippen LogP contribution >= 0.6 is 11.6 Å². The maximum Gasteiger partial charge on any atom is 0.244 e. The van der Waals surface area contributed by atoms with Crippen molar-refractivity contribution in [3.8, 4) is 0 Å². The Morgan fingerprint density at radius 1 is 1.14 bits per heavy atom. The molecule has 0 aromatic heterocycles. The van der Waals surface area contributed by atoms with E-state index in [1.165, 1.54) is 31.4 Å². The summed E-state index contributed by atoms with van der Waals surface area (Å²) in [6, 6.07) is 4.61. The van der Waals surface area contributed by atoms with E-state index in [-0.39, 0.29) is 9.92 Å². The number of hydrogen-bond acceptors (Lipinski definition) is 3. The fourth-order valence-electron chi connectivity index (χ4n) is 3.65. The van der Waals surface area contributed by atoms with Gasteiger partial charge in [0.25, 0.3) is 0 Å². The van der Waals surface area contributed by atoms with Crippen LogP contribution in [0.4, 0.5) is 5.69 Å². The van der Waals surface area contributed by atoms with Crippen molar-refractivity contribution in [2.75, 3.05) is 18.8 Å². The number of nitrogens with two attached hydrogens (primary N) is 1. The summed E-state index contributed by atoms with van der Waals surface area (Å²) >= 11 is 6.08. The van der Waals surface area contributed by atoms with Crippen LogP contribution in [-0.4, -0.2) is 25.8 Å². The molecule has 2 aliphatic rings. The summed E-state index contributed by atoms with van der Waals surface area (Å²) in [5, 5.41) is 0.209. The molecule has 1 aromatic carbocycles. The highest BCUT2D eigenvalue weighted by Crippen LogP contribution is 2.38. The maximum absolute atomic E-state index is 12.8. The molecule has 1 aliphatic carbocycles. The van der Waals surface area contributed by atoms with Crippen molar-refractivity contribution >= 4 is 27.3 Å². The molecule has 2 atom stereocenters. The lowest BCUT2D eigenvalue weighted by Crippen LogP contribution is -2.44. The van der Waals surface area contributed by atoms with Gasteiger partial charge in [0.2, 0.25) is 10.0 Å². The third-order valence-electron chi connectivity index (χ3n) is 4.83. The van der Waals surface area contributed by atoms with Crippen LogP contribution in [0.25, 0.3) is 0 Å². The second kappa shape index (κ2) is 5.78. The van der Waals surface area contributed by atoms with Crippen LogP contribution in [0.2, 0.25) is 5.02 Å². The van der Waals surface area contributed by atoms with Gasteiger partial charge < -0.3 is 5.73 Å². The van der Waals surface area contributed by atoms with Crippen LogP contribution in [0, 0.1) is 11.8 Å². The molecular formula is C15H21ClN2O2S. The van der Waals surface area contributed by atoms with E-state index in [2.05, 4.69) is 0 Å². The van der Waals surface area contributed by atoms with Gasteiger partial charge in [-0.05, 0) is 42.9 Å². The molecule has 1 saturated heterocycles. The molecule has 0 bridgehead atoms. The van der Waals surface area contributed by atoms with Crippen molar-refractivity contribution in [1.82, 2.24) is 4.31 Å². The number of hydrogen-bond donors (Lipinski definition) is 1. The SMILES string of the molecule is Nc1ccc(S(=O)(=O)N2CCC3CCCCC3C2)c(Cl)c1. The Bertz CT molecular complexity index is 633. The fraction of sp³-hybridized carbons (Fsp3) is 0.600. The summed E-state index contributed by atoms with van der Waals surface area (Å²) in [6.45, 7) is 1.23. The first-order valence-electron chi connectivity index (χ1n) is 7.53. The Labute approximate surface area is 131 Å². The number of piperidine rings is 1. The molecule has 0 radical (unpaired) electrons. The first kappa shape index (κ1) is 15.1. The number of rotatable bonds is 2. The number of halogens is 1. The second-order valence-corrected chi connectivity index (χ2v) is 8.46. The highest BCUT2D eigenvalue weighted by molar-refractivity contribution is 7.89. The number of sulfonamides is 1. The topological polar surface area (TPSA) is 63.4 Å². The van der Waals surface area contributed by atoms with E-state index < -0.39 is 10.0 Å². The summed E-state index contributed by atoms with van der Waals surface area (Å²) in [5.74, 6) is 1.21. The Balaban J connectivity index is 1.85. The molecular weight excluding hydrogens is 308 g/mol. The minimum Gasteiger partial charge on any atom is -0.399 e. The summed E-state index contributed by atoms with van der Waals surface area (Å²) in [7, 11) is -3.51. The highest BCUT2D eigenvalue weighted by Gasteiger charge is 2.37. The number of benzene rings is 1. The van der Waals surface area contributed by atoms with Gasteiger partial charge in [0, 0.05) is 18.8 Å². The van der Waals surface area contributed by atoms with Crippen molar-refractivity contribution in [1.29, 1.82) is 0 Å². The molecule has 2 unspecified atom stereocenters. The van der Waals surface area contributed by atoms with E-state index in [1.54, 1.807) is 10.4 Å². The zero-order valence-electron chi connectivity index (χ0n) is 12.0. The van der Waals surface area contributed by atoms with Gasteiger partial charge in [-0.3, -0.25) is 0 Å². The van der Waals surface area contributed by atoms with E-state index in [9.17, 15) is 8.42 Å². The lowest BCUT2D eigenvalue weighted by Gasteiger charge is -2.40. The second-order valence-electron chi connectivity index (χ2n) is 6.15. The monoisotopic (exact) mass is 328 g/mol. The molecule has 116 valence electrons. The minimum atomic E-state index is -3.51. The van der Waals surface area contributed by atoms with Gasteiger partial charge in [-0.25, -0.2) is 8.42 Å². The van der Waals surface area contributed by atoms with Crippen LogP contribution in [0.5, 0.6) is 0 Å². The van der Waals surface area contributed by atoms with Crippen molar-refractivity contribution in [3.05, 3.63) is 23.2 Å². The maximum atomic E-state index is 12.8. The first-order chi connectivity index (χ1) is 9.98. The van der Waals surface area contributed by atoms with Crippen molar-refractivity contribution in [2.24, 2.45) is 11.8 Å². The predicted octanol–water partition coefficient (Wildman–Crippen LogP) is 3.12. The third kappa shape index (κ3) is 2.91. The van der Waals surface area contributed by atoms with Crippen molar-refractivity contribution in [3.63, 3.8) is 0 Å². The average molecular weight is 329 g/mol. The number of nitrogens with zero attached hydrogens (tertiary/aromatic N) is 1. The van der Waals surface area contributed by atoms with Gasteiger partial charge in [0.15, 0.2) is 0 Å². The average Bonchev–Trinajstić information content (AvgIpc) is 2.46. The van der Waals surface area contributed by atoms with Crippen molar-refractivity contribution in [2.45, 2.75) is 37.0 Å². The van der Waals surface area contributed by atoms with Crippen LogP contribution in [0.3, 0.4) is 0 Å². The largest absolute Gasteiger partial charge is 0.399 e. The minimum absolute atomic E-state index is 0.174. The van der Waals surface area contributed by atoms with Crippen LogP contribution < -0.4 is 5.73 Å². The molecule has 0 spiro atoms. The van der Waals surface area contributed by atoms with Gasteiger partial charge >= 0.3 is 0 Å². The molecule has 1 aromatic rings. The Hall–Kier alpha value is -0.780. The van der Waals surface area contributed by atoms with Gasteiger partial charge in [0.1, 0.15) is 4.90 Å². The summed E-state index contributed by atoms with van der Waals surface area (Å²) in [5.41, 5.74) is 6.12. The third-order valence-corrected chi connectivity index (χ3v) is 7.18. The molecule has 1 saturated carbocycles. The number of anilines is 1. The molecule has 3 rings (SSSR count). The van der Waals surface area contributed by atoms with Crippen LogP contribution in [-0.2, 0) is 10.0 Å². The Morgan fingerprint density at radius 2 is 1.86 bits per heavy atom. The molecule has 1 heterocycles. The van der Waals surface area contributed by atoms with Gasteiger partial charge in [0.05, 0.1) is 5.02 Å². The number of nitrogen functional groups attached to an aromatic ring is 1. The first-order valence-corrected chi connectivity index (χ1v) is 9.35. The number of fused-ring (bicyclic) bond motifs is 1. The molecule has 1 aliphatic heterocycles. The predicted molar refractivity (Wildman–Crippen MR) is 84.7 cm³/mol. The molecule has 4 nitrogen and oxygen atoms in total. The molecule has 2 N–H and O–H groups in total. The van der Waals surface area contributed by atoms with E-state index >= 15 is 0 Å². The molecule has 2 fully saturated rings. The van der Waals surface area contributed by atoms with Crippen molar-refractivity contribution < 1.29 is 8.42 Å². The van der Waals surface area contributed by atoms with Gasteiger partial charge in [-0.2, -0.15) is 4.31 Å². The normalized spacial score (nSPS) is 27.3. The quantitative estimate of drug-likeness (QED) is 0.848. The zero-order valence-corrected chi connectivity index (χ0v) is 13.5. The van der Waals surface area contributed by atoms with Gasteiger partial charge in [-0.1, -0.05) is 30.9 Å². The van der Waals surface area contributed by atoms with Gasteiger partial charge in [-0.15, -0.1) is 0 Å². The highest BCUT2D eigenvalue weighted by atomic mass is 35.5. The Kier molecular flexibility index (Phi) is 4.17. The Morgan fingerprint density at radius 3 is 2.57 bits per heavy atom. The zero-order chi connectivity index (χ0) is 15.0. The summed E-state index contributed by atoms with van der Waals surface area (Å²) in [4.78, 5) is 0.174. The molecule has 6 heteroatoms. The summed E-state index contributed by atoms with van der Waals surface area (Å²) in [6.07, 6.45) is 5.87. The molecule has 0 amide bonds. The van der Waals surface area contributed by atoms with E-state index in [4.69, 9.17) is 17.3 Å². The lowest BCUT2D eigenvalue weighted by molar-refractivity contribution is 0.136. The fourth-order valence-corrected chi connectivity index (χ4v) is 5.69. The smallest absolute Gasteiger partial charge is 0.244 e. The van der Waals surface area contributed by atoms with E-state index in [1.807, 2.05) is 0 Å². The van der Waals surface area contributed by atoms with Crippen LogP contribution in [0.15, 0.2) is 23.1 Å². The van der Waals surface area contributed by atoms with E-state index in [0.717, 1.165) is 12.8 Å². The standard InChI is InChI=1S/C15H21ClN2O2S/c16-14-9-13(17)5-6-15(14)21(19,20)18-8-7-11-3-1-2-4-12(11)10-18/h5-6,9,11-12H,1-4,7-8,10,17H2. The van der Waals surface area contributed by atoms with Crippen LogP contribution in [0.1, 0.15) is 32.1 Å². The summed E-state index contributed by atoms with van der Waals surface area (Å²) < 4.78 is 27.2. The lowest BCUT2D eigenvalue weighted by atomic mass is 9.76.